The molecule has 0 aromatic heterocycles. The molecule has 41 heavy (non-hydrogen) atoms. The number of benzene rings is 1. The molecule has 1 aromatic carbocycles. The summed E-state index contributed by atoms with van der Waals surface area (Å²) < 4.78 is 1.69. The smallest absolute Gasteiger partial charge is 0.333 e. The molecule has 0 aliphatic carbocycles. The van der Waals surface area contributed by atoms with Crippen molar-refractivity contribution in [3.8, 4) is 0 Å². The Balaban J connectivity index is 2.39. The maximum Gasteiger partial charge on any atom is 0.333 e. The fraction of sp³-hybridized carbons (Fsp3) is 0.633. The molecule has 0 bridgehead atoms. The summed E-state index contributed by atoms with van der Waals surface area (Å²) in [4.78, 5) is 44.8. The second-order valence-electron chi connectivity index (χ2n) is 11.1. The number of nitrogens with two attached hydrogens (primary N) is 2. The van der Waals surface area contributed by atoms with Crippen LogP contribution in [0.4, 0.5) is 4.79 Å². The van der Waals surface area contributed by atoms with Gasteiger partial charge in [-0.3, -0.25) is 30.2 Å². The number of hydrogen-bond acceptors (Lipinski definition) is 5. The third-order valence-corrected chi connectivity index (χ3v) is 8.48. The second-order valence-corrected chi connectivity index (χ2v) is 12.9. The van der Waals surface area contributed by atoms with Crippen LogP contribution < -0.4 is 11.5 Å². The number of barbiturate groups is 1. The van der Waals surface area contributed by atoms with Gasteiger partial charge in [-0.15, -0.1) is 0 Å². The van der Waals surface area contributed by atoms with Crippen molar-refractivity contribution in [3.63, 3.8) is 0 Å². The number of rotatable bonds is 20. The Labute approximate surface area is 261 Å². The molecule has 0 radical (unpaired) electrons. The predicted molar refractivity (Wildman–Crippen MR) is 171 cm³/mol. The zero-order chi connectivity index (χ0) is 30.4. The van der Waals surface area contributed by atoms with E-state index in [1.54, 1.807) is 0 Å². The number of hydrogen-bond donors (Lipinski definition) is 4. The average Bonchev–Trinajstić information content (AvgIpc) is 2.89. The van der Waals surface area contributed by atoms with Crippen molar-refractivity contribution in [2.45, 2.75) is 103 Å². The fourth-order valence-electron chi connectivity index (χ4n) is 5.39. The zero-order valence-electron chi connectivity index (χ0n) is 24.3. The molecule has 1 aliphatic heterocycles. The predicted octanol–water partition coefficient (Wildman–Crippen LogP) is 6.88. The van der Waals surface area contributed by atoms with Crippen LogP contribution in [-0.2, 0) is 16.0 Å². The van der Waals surface area contributed by atoms with Gasteiger partial charge in [0, 0.05) is 34.9 Å². The zero-order valence-corrected chi connectivity index (χ0v) is 27.5. The molecule has 1 saturated heterocycles. The van der Waals surface area contributed by atoms with E-state index in [0.717, 1.165) is 59.5 Å². The summed E-state index contributed by atoms with van der Waals surface area (Å²) in [7, 11) is 0. The lowest BCUT2D eigenvalue weighted by molar-refractivity contribution is -0.159. The third-order valence-electron chi connectivity index (χ3n) is 7.56. The highest BCUT2D eigenvalue weighted by atomic mass is 79.9. The molecular formula is C30H46Br2N6O3. The van der Waals surface area contributed by atoms with Gasteiger partial charge in [0.25, 0.3) is 0 Å². The van der Waals surface area contributed by atoms with Crippen LogP contribution in [0.5, 0.6) is 0 Å². The first-order chi connectivity index (χ1) is 19.5. The number of unbranched alkanes of at least 4 members (excludes halogenated alkanes) is 8. The molecule has 228 valence electrons. The van der Waals surface area contributed by atoms with E-state index < -0.39 is 23.3 Å². The summed E-state index contributed by atoms with van der Waals surface area (Å²) in [6.07, 6.45) is 10.5. The lowest BCUT2D eigenvalue weighted by Gasteiger charge is -2.44. The molecule has 1 aliphatic rings. The van der Waals surface area contributed by atoms with Gasteiger partial charge in [0.2, 0.25) is 11.8 Å². The van der Waals surface area contributed by atoms with Crippen molar-refractivity contribution < 1.29 is 14.4 Å². The van der Waals surface area contributed by atoms with E-state index in [0.29, 0.717) is 44.9 Å². The van der Waals surface area contributed by atoms with Crippen molar-refractivity contribution in [3.05, 3.63) is 32.7 Å². The quantitative estimate of drug-likeness (QED) is 0.0505. The Morgan fingerprint density at radius 1 is 0.732 bits per heavy atom. The van der Waals surface area contributed by atoms with Crippen molar-refractivity contribution >= 4 is 61.4 Å². The number of nitrogens with one attached hydrogen (secondary N) is 2. The van der Waals surface area contributed by atoms with Crippen LogP contribution in [0.15, 0.2) is 27.1 Å². The van der Waals surface area contributed by atoms with Gasteiger partial charge in [-0.1, -0.05) is 83.7 Å². The van der Waals surface area contributed by atoms with Gasteiger partial charge < -0.3 is 11.5 Å². The topological polar surface area (TPSA) is 157 Å². The number of nitrogens with zero attached hydrogens (tertiary/aromatic N) is 2. The molecule has 11 heteroatoms. The summed E-state index contributed by atoms with van der Waals surface area (Å²) in [5, 5.41) is 14.9. The summed E-state index contributed by atoms with van der Waals surface area (Å²) in [5.41, 5.74) is 10.4. The molecule has 0 spiro atoms. The van der Waals surface area contributed by atoms with Crippen LogP contribution in [0.3, 0.4) is 0 Å². The van der Waals surface area contributed by atoms with Gasteiger partial charge in [0.1, 0.15) is 5.41 Å². The Bertz CT molecular complexity index is 1010. The first kappa shape index (κ1) is 34.9. The largest absolute Gasteiger partial charge is 0.388 e. The first-order valence-electron chi connectivity index (χ1n) is 14.8. The van der Waals surface area contributed by atoms with E-state index in [-0.39, 0.29) is 31.2 Å². The molecule has 1 aromatic rings. The van der Waals surface area contributed by atoms with E-state index in [1.807, 2.05) is 18.2 Å². The third kappa shape index (κ3) is 10.8. The first-order valence-corrected chi connectivity index (χ1v) is 16.4. The van der Waals surface area contributed by atoms with E-state index >= 15 is 0 Å². The molecule has 0 unspecified atom stereocenters. The molecule has 0 saturated carbocycles. The number of amidine groups is 2. The minimum absolute atomic E-state index is 0.124. The summed E-state index contributed by atoms with van der Waals surface area (Å²) in [5.74, 6) is -0.560. The SMILES string of the molecule is CCCCCCCC1(Cc2cc(Br)cc(Br)c2)C(=O)N(CCCCCC(=N)N)C(=O)N(CCCCCC(=N)N)C1=O. The molecular weight excluding hydrogens is 652 g/mol. The normalized spacial score (nSPS) is 17.4. The highest BCUT2D eigenvalue weighted by molar-refractivity contribution is 9.11. The number of imide groups is 2. The minimum Gasteiger partial charge on any atom is -0.388 e. The lowest BCUT2D eigenvalue weighted by atomic mass is 9.73. The summed E-state index contributed by atoms with van der Waals surface area (Å²) in [6.45, 7) is 2.60. The van der Waals surface area contributed by atoms with Crippen molar-refractivity contribution in [2.24, 2.45) is 16.9 Å². The average molecular weight is 699 g/mol. The maximum absolute atomic E-state index is 14.3. The highest BCUT2D eigenvalue weighted by Crippen LogP contribution is 2.39. The molecule has 1 heterocycles. The minimum atomic E-state index is -1.36. The fourth-order valence-corrected chi connectivity index (χ4v) is 6.78. The summed E-state index contributed by atoms with van der Waals surface area (Å²) >= 11 is 7.07. The van der Waals surface area contributed by atoms with Gasteiger partial charge in [-0.05, 0) is 62.3 Å². The van der Waals surface area contributed by atoms with Gasteiger partial charge in [-0.25, -0.2) is 4.79 Å². The van der Waals surface area contributed by atoms with E-state index in [1.165, 1.54) is 9.80 Å². The molecule has 2 rings (SSSR count). The van der Waals surface area contributed by atoms with E-state index in [9.17, 15) is 14.4 Å². The van der Waals surface area contributed by atoms with Gasteiger partial charge in [0.15, 0.2) is 0 Å². The number of carbonyl (C=O) groups excluding carboxylic acids is 3. The molecule has 1 fully saturated rings. The standard InChI is InChI=1S/C30H46Br2N6O3/c1-2-3-4-5-10-15-30(21-22-18-23(31)20-24(32)19-22)27(39)37(16-11-6-8-13-25(33)34)29(41)38(28(30)40)17-12-7-9-14-26(35)36/h18-20H,2-17,21H2,1H3,(H3,33,34)(H3,35,36). The maximum atomic E-state index is 14.3. The molecule has 4 amide bonds. The van der Waals surface area contributed by atoms with Crippen LogP contribution in [0.1, 0.15) is 102 Å². The van der Waals surface area contributed by atoms with Gasteiger partial charge in [-0.2, -0.15) is 0 Å². The van der Waals surface area contributed by atoms with Crippen LogP contribution in [0, 0.1) is 16.2 Å². The number of urea groups is 1. The summed E-state index contributed by atoms with van der Waals surface area (Å²) in [6, 6.07) is 5.22. The molecule has 6 N–H and O–H groups in total. The number of amides is 4. The van der Waals surface area contributed by atoms with E-state index in [2.05, 4.69) is 38.8 Å². The van der Waals surface area contributed by atoms with Crippen molar-refractivity contribution in [1.29, 1.82) is 10.8 Å². The number of halogens is 2. The number of carbonyl (C=O) groups is 3. The van der Waals surface area contributed by atoms with E-state index in [4.69, 9.17) is 22.3 Å². The van der Waals surface area contributed by atoms with Crippen LogP contribution in [-0.4, -0.2) is 52.4 Å². The second kappa shape index (κ2) is 17.6. The van der Waals surface area contributed by atoms with Gasteiger partial charge >= 0.3 is 6.03 Å². The molecule has 9 nitrogen and oxygen atoms in total. The van der Waals surface area contributed by atoms with Gasteiger partial charge in [0.05, 0.1) is 11.7 Å². The molecule has 0 atom stereocenters. The van der Waals surface area contributed by atoms with Crippen LogP contribution >= 0.6 is 31.9 Å². The Kier molecular flexibility index (Phi) is 15.0. The Morgan fingerprint density at radius 3 is 1.66 bits per heavy atom. The Hall–Kier alpha value is -2.27. The van der Waals surface area contributed by atoms with Crippen LogP contribution in [0.2, 0.25) is 0 Å². The van der Waals surface area contributed by atoms with Crippen molar-refractivity contribution in [1.82, 2.24) is 9.80 Å². The monoisotopic (exact) mass is 696 g/mol. The lowest BCUT2D eigenvalue weighted by Crippen LogP contribution is -2.66. The Morgan fingerprint density at radius 2 is 1.20 bits per heavy atom. The highest BCUT2D eigenvalue weighted by Gasteiger charge is 2.56. The van der Waals surface area contributed by atoms with Crippen LogP contribution in [0.25, 0.3) is 0 Å². The van der Waals surface area contributed by atoms with Crippen molar-refractivity contribution in [2.75, 3.05) is 13.1 Å².